The Hall–Kier alpha value is -2.13. The molecule has 0 unspecified atom stereocenters. The predicted octanol–water partition coefficient (Wildman–Crippen LogP) is 1.14. The van der Waals surface area contributed by atoms with Gasteiger partial charge in [0.1, 0.15) is 0 Å². The number of carbonyl (C=O) groups excluding carboxylic acids is 3. The Morgan fingerprint density at radius 2 is 1.96 bits per heavy atom. The summed E-state index contributed by atoms with van der Waals surface area (Å²) < 4.78 is 28.4. The van der Waals surface area contributed by atoms with Gasteiger partial charge >= 0.3 is 5.97 Å². The molecule has 0 spiro atoms. The third-order valence-corrected chi connectivity index (χ3v) is 5.31. The van der Waals surface area contributed by atoms with Crippen LogP contribution in [-0.2, 0) is 19.4 Å². The Bertz CT molecular complexity index is 852. The van der Waals surface area contributed by atoms with Crippen LogP contribution in [0.25, 0.3) is 0 Å². The van der Waals surface area contributed by atoms with Gasteiger partial charge in [0.05, 0.1) is 34.7 Å². The number of hydrazine groups is 1. The van der Waals surface area contributed by atoms with Crippen molar-refractivity contribution in [2.75, 3.05) is 26.5 Å². The number of carbonyl (C=O) groups is 3. The number of rotatable bonds is 4. The molecule has 25 heavy (non-hydrogen) atoms. The minimum atomic E-state index is -3.77. The zero-order valence-corrected chi connectivity index (χ0v) is 15.5. The molecule has 0 aromatic heterocycles. The first kappa shape index (κ1) is 19.2. The van der Waals surface area contributed by atoms with Crippen LogP contribution in [0.2, 0.25) is 5.02 Å². The number of hydrogen-bond acceptors (Lipinski definition) is 6. The lowest BCUT2D eigenvalue weighted by Gasteiger charge is -2.27. The van der Waals surface area contributed by atoms with Gasteiger partial charge in [0.2, 0.25) is 5.91 Å². The summed E-state index contributed by atoms with van der Waals surface area (Å²) in [6.07, 6.45) is 1.10. The zero-order chi connectivity index (χ0) is 18.9. The molecule has 1 fully saturated rings. The zero-order valence-electron chi connectivity index (χ0n) is 13.9. The van der Waals surface area contributed by atoms with Gasteiger partial charge in [-0.3, -0.25) is 14.6 Å². The number of nitrogens with zero attached hydrogens (tertiary/aromatic N) is 2. The minimum Gasteiger partial charge on any atom is -0.465 e. The topological polar surface area (TPSA) is 101 Å². The number of benzene rings is 1. The Morgan fingerprint density at radius 3 is 2.48 bits per heavy atom. The van der Waals surface area contributed by atoms with Crippen LogP contribution in [0.5, 0.6) is 0 Å². The van der Waals surface area contributed by atoms with Gasteiger partial charge in [0.25, 0.3) is 5.91 Å². The monoisotopic (exact) mass is 388 g/mol. The lowest BCUT2D eigenvalue weighted by atomic mass is 10.1. The van der Waals surface area contributed by atoms with Crippen LogP contribution in [0, 0.1) is 0 Å². The second kappa shape index (κ2) is 7.01. The third-order valence-electron chi connectivity index (χ3n) is 3.77. The van der Waals surface area contributed by atoms with Gasteiger partial charge in [-0.25, -0.2) is 18.2 Å². The first-order chi connectivity index (χ1) is 11.6. The molecule has 2 amide bonds. The maximum absolute atomic E-state index is 12.8. The standard InChI is InChI=1S/C15H17ClN2O6S/c1-4-17-11(19)7-8-18(17)14(20)9-5-6-10(25(3,22)23)12(13(9)16)15(21)24-2/h5-6H,4,7-8H2,1-3H3. The quantitative estimate of drug-likeness (QED) is 0.717. The molecule has 0 radical (unpaired) electrons. The van der Waals surface area contributed by atoms with Crippen LogP contribution in [-0.4, -0.2) is 62.7 Å². The number of esters is 1. The molecule has 136 valence electrons. The number of halogens is 1. The summed E-state index contributed by atoms with van der Waals surface area (Å²) in [6, 6.07) is 2.36. The highest BCUT2D eigenvalue weighted by Crippen LogP contribution is 2.30. The van der Waals surface area contributed by atoms with E-state index in [0.717, 1.165) is 19.4 Å². The molecule has 0 N–H and O–H groups in total. The van der Waals surface area contributed by atoms with Crippen molar-refractivity contribution in [1.29, 1.82) is 0 Å². The van der Waals surface area contributed by atoms with Crippen molar-refractivity contribution in [2.24, 2.45) is 0 Å². The van der Waals surface area contributed by atoms with Gasteiger partial charge in [-0.1, -0.05) is 11.6 Å². The second-order valence-corrected chi connectivity index (χ2v) is 7.71. The van der Waals surface area contributed by atoms with Gasteiger partial charge in [-0.05, 0) is 19.1 Å². The summed E-state index contributed by atoms with van der Waals surface area (Å²) in [5.41, 5.74) is -0.478. The molecule has 0 bridgehead atoms. The molecule has 1 aliphatic rings. The maximum Gasteiger partial charge on any atom is 0.340 e. The van der Waals surface area contributed by atoms with E-state index in [2.05, 4.69) is 4.74 Å². The fraction of sp³-hybridized carbons (Fsp3) is 0.400. The van der Waals surface area contributed by atoms with E-state index in [1.165, 1.54) is 16.1 Å². The van der Waals surface area contributed by atoms with Crippen LogP contribution in [0.1, 0.15) is 34.1 Å². The molecule has 0 atom stereocenters. The second-order valence-electron chi connectivity index (χ2n) is 5.35. The van der Waals surface area contributed by atoms with Crippen molar-refractivity contribution >= 4 is 39.2 Å². The third kappa shape index (κ3) is 3.47. The molecule has 2 rings (SSSR count). The maximum atomic E-state index is 12.8. The van der Waals surface area contributed by atoms with Crippen molar-refractivity contribution in [3.05, 3.63) is 28.3 Å². The molecular formula is C15H17ClN2O6S. The Kier molecular flexibility index (Phi) is 5.38. The molecule has 1 saturated heterocycles. The van der Waals surface area contributed by atoms with E-state index in [0.29, 0.717) is 6.54 Å². The number of methoxy groups -OCH3 is 1. The highest BCUT2D eigenvalue weighted by atomic mass is 35.5. The summed E-state index contributed by atoms with van der Waals surface area (Å²) >= 11 is 6.18. The van der Waals surface area contributed by atoms with Crippen LogP contribution >= 0.6 is 11.6 Å². The first-order valence-corrected chi connectivity index (χ1v) is 9.63. The highest BCUT2D eigenvalue weighted by Gasteiger charge is 2.35. The Balaban J connectivity index is 2.59. The lowest BCUT2D eigenvalue weighted by molar-refractivity contribution is -0.135. The SMILES string of the molecule is CCN1C(=O)CCN1C(=O)c1ccc(S(C)(=O)=O)c(C(=O)OC)c1Cl. The van der Waals surface area contributed by atoms with E-state index in [9.17, 15) is 22.8 Å². The van der Waals surface area contributed by atoms with Crippen LogP contribution < -0.4 is 0 Å². The number of sulfone groups is 1. The van der Waals surface area contributed by atoms with E-state index in [-0.39, 0.29) is 34.4 Å². The summed E-state index contributed by atoms with van der Waals surface area (Å²) in [5, 5.41) is 2.18. The molecule has 0 aliphatic carbocycles. The molecule has 8 nitrogen and oxygen atoms in total. The average Bonchev–Trinajstić information content (AvgIpc) is 2.92. The number of hydrogen-bond donors (Lipinski definition) is 0. The number of ether oxygens (including phenoxy) is 1. The van der Waals surface area contributed by atoms with E-state index >= 15 is 0 Å². The smallest absolute Gasteiger partial charge is 0.340 e. The normalized spacial score (nSPS) is 14.8. The van der Waals surface area contributed by atoms with E-state index in [4.69, 9.17) is 11.6 Å². The van der Waals surface area contributed by atoms with Crippen molar-refractivity contribution < 1.29 is 27.5 Å². The minimum absolute atomic E-state index is 0.0809. The van der Waals surface area contributed by atoms with E-state index in [1.54, 1.807) is 6.92 Å². The highest BCUT2D eigenvalue weighted by molar-refractivity contribution is 7.90. The average molecular weight is 389 g/mol. The van der Waals surface area contributed by atoms with Crippen LogP contribution in [0.15, 0.2) is 17.0 Å². The molecule has 10 heteroatoms. The molecule has 0 saturated carbocycles. The molecule has 1 aromatic rings. The first-order valence-electron chi connectivity index (χ1n) is 7.36. The summed E-state index contributed by atoms with van der Waals surface area (Å²) in [6.45, 7) is 2.20. The predicted molar refractivity (Wildman–Crippen MR) is 88.9 cm³/mol. The molecule has 1 aromatic carbocycles. The Morgan fingerprint density at radius 1 is 1.32 bits per heavy atom. The fourth-order valence-electron chi connectivity index (χ4n) is 2.61. The summed E-state index contributed by atoms with van der Waals surface area (Å²) in [7, 11) is -2.69. The molecular weight excluding hydrogens is 372 g/mol. The lowest BCUT2D eigenvalue weighted by Crippen LogP contribution is -2.43. The van der Waals surface area contributed by atoms with Crippen molar-refractivity contribution in [3.63, 3.8) is 0 Å². The summed E-state index contributed by atoms with van der Waals surface area (Å²) in [5.74, 6) is -1.76. The number of amides is 2. The largest absolute Gasteiger partial charge is 0.465 e. The molecule has 1 heterocycles. The summed E-state index contributed by atoms with van der Waals surface area (Å²) in [4.78, 5) is 36.2. The van der Waals surface area contributed by atoms with Gasteiger partial charge < -0.3 is 4.74 Å². The fourth-order valence-corrected chi connectivity index (χ4v) is 3.86. The van der Waals surface area contributed by atoms with Crippen molar-refractivity contribution in [1.82, 2.24) is 10.0 Å². The Labute approximate surface area is 150 Å². The van der Waals surface area contributed by atoms with Crippen LogP contribution in [0.4, 0.5) is 0 Å². The van der Waals surface area contributed by atoms with Gasteiger partial charge in [-0.15, -0.1) is 0 Å². The van der Waals surface area contributed by atoms with Crippen LogP contribution in [0.3, 0.4) is 0 Å². The van der Waals surface area contributed by atoms with E-state index in [1.807, 2.05) is 0 Å². The van der Waals surface area contributed by atoms with Crippen molar-refractivity contribution in [2.45, 2.75) is 18.2 Å². The van der Waals surface area contributed by atoms with Gasteiger partial charge in [-0.2, -0.15) is 0 Å². The van der Waals surface area contributed by atoms with Gasteiger partial charge in [0.15, 0.2) is 9.84 Å². The van der Waals surface area contributed by atoms with E-state index < -0.39 is 27.3 Å². The van der Waals surface area contributed by atoms with Gasteiger partial charge in [0, 0.05) is 19.2 Å². The molecule has 1 aliphatic heterocycles. The van der Waals surface area contributed by atoms with Crippen molar-refractivity contribution in [3.8, 4) is 0 Å².